The van der Waals surface area contributed by atoms with Crippen molar-refractivity contribution >= 4 is 17.7 Å². The lowest BCUT2D eigenvalue weighted by molar-refractivity contribution is 0.188. The van der Waals surface area contributed by atoms with E-state index < -0.39 is 6.09 Å². The fourth-order valence-corrected chi connectivity index (χ4v) is 1.95. The van der Waals surface area contributed by atoms with Crippen LogP contribution in [0.25, 0.3) is 0 Å². The lowest BCUT2D eigenvalue weighted by atomic mass is 10.1. The molecule has 7 nitrogen and oxygen atoms in total. The van der Waals surface area contributed by atoms with E-state index in [1.807, 2.05) is 4.90 Å². The molecule has 1 amide bonds. The Morgan fingerprint density at radius 3 is 2.88 bits per heavy atom. The lowest BCUT2D eigenvalue weighted by Gasteiger charge is -2.32. The maximum atomic E-state index is 10.6. The summed E-state index contributed by atoms with van der Waals surface area (Å²) in [6.45, 7) is 1.43. The third kappa shape index (κ3) is 2.96. The van der Waals surface area contributed by atoms with Crippen LogP contribution in [0.15, 0.2) is 12.4 Å². The van der Waals surface area contributed by atoms with E-state index in [4.69, 9.17) is 10.8 Å². The van der Waals surface area contributed by atoms with E-state index >= 15 is 0 Å². The summed E-state index contributed by atoms with van der Waals surface area (Å²) >= 11 is 0. The molecule has 92 valence electrons. The molecule has 1 aromatic heterocycles. The first-order chi connectivity index (χ1) is 8.15. The molecule has 17 heavy (non-hydrogen) atoms. The van der Waals surface area contributed by atoms with Crippen molar-refractivity contribution in [2.75, 3.05) is 23.7 Å². The van der Waals surface area contributed by atoms with E-state index in [0.717, 1.165) is 19.4 Å². The van der Waals surface area contributed by atoms with E-state index in [1.165, 1.54) is 0 Å². The SMILES string of the molecule is Nc1cnc(N2CCCC(NC(=O)O)C2)nc1. The zero-order valence-electron chi connectivity index (χ0n) is 9.33. The number of hydrogen-bond acceptors (Lipinski definition) is 5. The van der Waals surface area contributed by atoms with Crippen molar-refractivity contribution in [1.82, 2.24) is 15.3 Å². The summed E-state index contributed by atoms with van der Waals surface area (Å²) in [4.78, 5) is 20.8. The van der Waals surface area contributed by atoms with E-state index in [1.54, 1.807) is 12.4 Å². The Balaban J connectivity index is 2.01. The van der Waals surface area contributed by atoms with Crippen molar-refractivity contribution in [2.45, 2.75) is 18.9 Å². The van der Waals surface area contributed by atoms with Gasteiger partial charge in [0.25, 0.3) is 0 Å². The summed E-state index contributed by atoms with van der Waals surface area (Å²) in [5.41, 5.74) is 6.04. The van der Waals surface area contributed by atoms with Crippen LogP contribution in [0.5, 0.6) is 0 Å². The zero-order valence-corrected chi connectivity index (χ0v) is 9.33. The lowest BCUT2D eigenvalue weighted by Crippen LogP contribution is -2.47. The van der Waals surface area contributed by atoms with Crippen molar-refractivity contribution in [2.24, 2.45) is 0 Å². The molecule has 0 aromatic carbocycles. The number of nitrogen functional groups attached to an aromatic ring is 1. The number of amides is 1. The highest BCUT2D eigenvalue weighted by Crippen LogP contribution is 2.16. The summed E-state index contributed by atoms with van der Waals surface area (Å²) in [6.07, 6.45) is 3.87. The predicted molar refractivity (Wildman–Crippen MR) is 62.8 cm³/mol. The Morgan fingerprint density at radius 2 is 2.24 bits per heavy atom. The molecule has 1 fully saturated rings. The van der Waals surface area contributed by atoms with Gasteiger partial charge in [0.1, 0.15) is 0 Å². The number of piperidine rings is 1. The van der Waals surface area contributed by atoms with Gasteiger partial charge < -0.3 is 21.1 Å². The van der Waals surface area contributed by atoms with Gasteiger partial charge in [-0.25, -0.2) is 14.8 Å². The maximum Gasteiger partial charge on any atom is 0.404 e. The van der Waals surface area contributed by atoms with Gasteiger partial charge in [0.05, 0.1) is 18.1 Å². The Kier molecular flexibility index (Phi) is 3.27. The molecule has 1 aromatic rings. The zero-order chi connectivity index (χ0) is 12.3. The minimum absolute atomic E-state index is 0.0672. The molecule has 4 N–H and O–H groups in total. The maximum absolute atomic E-state index is 10.6. The quantitative estimate of drug-likeness (QED) is 0.683. The van der Waals surface area contributed by atoms with Crippen LogP contribution in [-0.4, -0.2) is 40.3 Å². The van der Waals surface area contributed by atoms with Crippen molar-refractivity contribution in [3.05, 3.63) is 12.4 Å². The van der Waals surface area contributed by atoms with Crippen LogP contribution in [0.3, 0.4) is 0 Å². The van der Waals surface area contributed by atoms with Crippen LogP contribution < -0.4 is 16.0 Å². The number of aromatic nitrogens is 2. The highest BCUT2D eigenvalue weighted by molar-refractivity contribution is 5.65. The van der Waals surface area contributed by atoms with E-state index in [2.05, 4.69) is 15.3 Å². The van der Waals surface area contributed by atoms with Gasteiger partial charge in [-0.05, 0) is 12.8 Å². The molecule has 0 bridgehead atoms. The van der Waals surface area contributed by atoms with Gasteiger partial charge in [-0.1, -0.05) is 0 Å². The molecule has 0 saturated carbocycles. The van der Waals surface area contributed by atoms with Crippen LogP contribution in [-0.2, 0) is 0 Å². The Morgan fingerprint density at radius 1 is 1.53 bits per heavy atom. The van der Waals surface area contributed by atoms with Crippen molar-refractivity contribution in [3.63, 3.8) is 0 Å². The number of nitrogens with one attached hydrogen (secondary N) is 1. The molecule has 2 heterocycles. The molecule has 2 rings (SSSR count). The monoisotopic (exact) mass is 237 g/mol. The Hall–Kier alpha value is -2.05. The van der Waals surface area contributed by atoms with Gasteiger partial charge in [-0.15, -0.1) is 0 Å². The highest BCUT2D eigenvalue weighted by Gasteiger charge is 2.22. The molecule has 7 heteroatoms. The van der Waals surface area contributed by atoms with Gasteiger partial charge in [0.2, 0.25) is 5.95 Å². The van der Waals surface area contributed by atoms with E-state index in [-0.39, 0.29) is 6.04 Å². The second-order valence-corrected chi connectivity index (χ2v) is 4.05. The third-order valence-electron chi connectivity index (χ3n) is 2.69. The van der Waals surface area contributed by atoms with Gasteiger partial charge in [-0.3, -0.25) is 0 Å². The number of nitrogens with two attached hydrogens (primary N) is 1. The fraction of sp³-hybridized carbons (Fsp3) is 0.500. The fourth-order valence-electron chi connectivity index (χ4n) is 1.95. The summed E-state index contributed by atoms with van der Waals surface area (Å²) in [6, 6.07) is -0.0672. The van der Waals surface area contributed by atoms with Gasteiger partial charge >= 0.3 is 6.09 Å². The molecular weight excluding hydrogens is 222 g/mol. The summed E-state index contributed by atoms with van der Waals surface area (Å²) in [5, 5.41) is 11.2. The molecule has 1 aliphatic heterocycles. The van der Waals surface area contributed by atoms with E-state index in [9.17, 15) is 4.79 Å². The number of carboxylic acid groups (broad SMARTS) is 1. The normalized spacial score (nSPS) is 20.0. The first kappa shape index (κ1) is 11.4. The average molecular weight is 237 g/mol. The van der Waals surface area contributed by atoms with E-state index in [0.29, 0.717) is 18.2 Å². The molecule has 1 atom stereocenters. The molecular formula is C10H15N5O2. The largest absolute Gasteiger partial charge is 0.465 e. The van der Waals surface area contributed by atoms with Crippen LogP contribution in [0, 0.1) is 0 Å². The number of hydrogen-bond donors (Lipinski definition) is 3. The van der Waals surface area contributed by atoms with Crippen LogP contribution in [0.2, 0.25) is 0 Å². The first-order valence-corrected chi connectivity index (χ1v) is 5.47. The van der Waals surface area contributed by atoms with Gasteiger partial charge in [-0.2, -0.15) is 0 Å². The van der Waals surface area contributed by atoms with Crippen molar-refractivity contribution < 1.29 is 9.90 Å². The molecule has 0 aliphatic carbocycles. The van der Waals surface area contributed by atoms with Crippen molar-refractivity contribution in [3.8, 4) is 0 Å². The minimum Gasteiger partial charge on any atom is -0.465 e. The molecule has 1 unspecified atom stereocenters. The van der Waals surface area contributed by atoms with Crippen molar-refractivity contribution in [1.29, 1.82) is 0 Å². The highest BCUT2D eigenvalue weighted by atomic mass is 16.4. The van der Waals surface area contributed by atoms with Crippen LogP contribution >= 0.6 is 0 Å². The predicted octanol–water partition coefficient (Wildman–Crippen LogP) is 0.295. The summed E-state index contributed by atoms with van der Waals surface area (Å²) in [5.74, 6) is 0.594. The standard InChI is InChI=1S/C10H15N5O2/c11-7-4-12-9(13-5-7)15-3-1-2-8(6-15)14-10(16)17/h4-5,8,14H,1-3,6,11H2,(H,16,17). The third-order valence-corrected chi connectivity index (χ3v) is 2.69. The second kappa shape index (κ2) is 4.86. The minimum atomic E-state index is -0.991. The molecule has 0 spiro atoms. The summed E-state index contributed by atoms with van der Waals surface area (Å²) in [7, 11) is 0. The smallest absolute Gasteiger partial charge is 0.404 e. The average Bonchev–Trinajstić information content (AvgIpc) is 2.29. The molecule has 0 radical (unpaired) electrons. The Bertz CT molecular complexity index is 394. The Labute approximate surface area is 98.7 Å². The summed E-state index contributed by atoms with van der Waals surface area (Å²) < 4.78 is 0. The number of nitrogens with zero attached hydrogens (tertiary/aromatic N) is 3. The van der Waals surface area contributed by atoms with Gasteiger partial charge in [0, 0.05) is 19.1 Å². The topological polar surface area (TPSA) is 104 Å². The first-order valence-electron chi connectivity index (χ1n) is 5.47. The second-order valence-electron chi connectivity index (χ2n) is 4.05. The van der Waals surface area contributed by atoms with Crippen LogP contribution in [0.1, 0.15) is 12.8 Å². The number of anilines is 2. The van der Waals surface area contributed by atoms with Crippen LogP contribution in [0.4, 0.5) is 16.4 Å². The molecule has 1 aliphatic rings. The molecule has 1 saturated heterocycles. The van der Waals surface area contributed by atoms with Gasteiger partial charge in [0.15, 0.2) is 0 Å². The number of carbonyl (C=O) groups is 1. The number of rotatable bonds is 2.